The summed E-state index contributed by atoms with van der Waals surface area (Å²) in [5, 5.41) is 11.9. The van der Waals surface area contributed by atoms with E-state index in [2.05, 4.69) is 10.3 Å². The fourth-order valence-electron chi connectivity index (χ4n) is 1.40. The predicted octanol–water partition coefficient (Wildman–Crippen LogP) is 2.86. The van der Waals surface area contributed by atoms with Crippen LogP contribution in [0.15, 0.2) is 42.7 Å². The van der Waals surface area contributed by atoms with Gasteiger partial charge < -0.3 is 5.32 Å². The number of carbonyl (C=O) groups is 1. The van der Waals surface area contributed by atoms with Crippen molar-refractivity contribution in [3.8, 4) is 6.07 Å². The molecule has 0 aliphatic rings. The number of hydrogen-bond acceptors (Lipinski definition) is 3. The molecule has 0 aliphatic carbocycles. The molecule has 5 heteroatoms. The number of nitrogens with zero attached hydrogens (tertiary/aromatic N) is 2. The molecule has 1 heterocycles. The minimum Gasteiger partial charge on any atom is -0.322 e. The fraction of sp³-hybridized carbons (Fsp3) is 0. The monoisotopic (exact) mass is 257 g/mol. The number of pyridine rings is 1. The minimum atomic E-state index is -0.261. The molecule has 0 spiro atoms. The second kappa shape index (κ2) is 5.30. The van der Waals surface area contributed by atoms with Crippen LogP contribution in [-0.2, 0) is 0 Å². The lowest BCUT2D eigenvalue weighted by Gasteiger charge is -2.05. The Hall–Kier alpha value is -2.38. The van der Waals surface area contributed by atoms with Crippen molar-refractivity contribution in [1.82, 2.24) is 4.98 Å². The Morgan fingerprint density at radius 2 is 2.00 bits per heavy atom. The van der Waals surface area contributed by atoms with Crippen molar-refractivity contribution < 1.29 is 4.79 Å². The third-order valence-electron chi connectivity index (χ3n) is 2.29. The lowest BCUT2D eigenvalue weighted by atomic mass is 10.2. The van der Waals surface area contributed by atoms with Crippen molar-refractivity contribution >= 4 is 23.2 Å². The largest absolute Gasteiger partial charge is 0.322 e. The van der Waals surface area contributed by atoms with Gasteiger partial charge >= 0.3 is 0 Å². The zero-order chi connectivity index (χ0) is 13.0. The number of benzene rings is 1. The molecule has 0 bridgehead atoms. The molecular formula is C13H8ClN3O. The van der Waals surface area contributed by atoms with E-state index in [1.54, 1.807) is 24.3 Å². The van der Waals surface area contributed by atoms with Crippen LogP contribution in [-0.4, -0.2) is 10.9 Å². The zero-order valence-electron chi connectivity index (χ0n) is 9.22. The maximum absolute atomic E-state index is 11.8. The van der Waals surface area contributed by atoms with Crippen LogP contribution >= 0.6 is 11.6 Å². The van der Waals surface area contributed by atoms with Crippen LogP contribution in [0.1, 0.15) is 15.9 Å². The van der Waals surface area contributed by atoms with Crippen molar-refractivity contribution in [2.45, 2.75) is 0 Å². The number of hydrogen-bond donors (Lipinski definition) is 1. The Bertz CT molecular complexity index is 620. The standard InChI is InChI=1S/C13H8ClN3O/c14-12-2-1-11(7-10(12)8-15)17-13(18)9-3-5-16-6-4-9/h1-7H,(H,17,18). The molecule has 4 nitrogen and oxygen atoms in total. The van der Waals surface area contributed by atoms with E-state index in [0.717, 1.165) is 0 Å². The molecule has 0 atom stereocenters. The van der Waals surface area contributed by atoms with Gasteiger partial charge in [-0.3, -0.25) is 9.78 Å². The number of nitrogens with one attached hydrogen (secondary N) is 1. The van der Waals surface area contributed by atoms with Gasteiger partial charge in [0, 0.05) is 23.6 Å². The summed E-state index contributed by atoms with van der Waals surface area (Å²) in [5.74, 6) is -0.261. The first-order valence-corrected chi connectivity index (χ1v) is 5.49. The molecule has 18 heavy (non-hydrogen) atoms. The van der Waals surface area contributed by atoms with Crippen molar-refractivity contribution in [2.75, 3.05) is 5.32 Å². The highest BCUT2D eigenvalue weighted by atomic mass is 35.5. The third-order valence-corrected chi connectivity index (χ3v) is 2.62. The summed E-state index contributed by atoms with van der Waals surface area (Å²) in [6.45, 7) is 0. The van der Waals surface area contributed by atoms with E-state index in [4.69, 9.17) is 16.9 Å². The maximum atomic E-state index is 11.8. The summed E-state index contributed by atoms with van der Waals surface area (Å²) >= 11 is 5.81. The molecule has 0 unspecified atom stereocenters. The van der Waals surface area contributed by atoms with Crippen LogP contribution in [0.2, 0.25) is 5.02 Å². The molecule has 0 saturated heterocycles. The average Bonchev–Trinajstić information content (AvgIpc) is 2.42. The SMILES string of the molecule is N#Cc1cc(NC(=O)c2ccncc2)ccc1Cl. The fourth-order valence-corrected chi connectivity index (χ4v) is 1.56. The lowest BCUT2D eigenvalue weighted by Crippen LogP contribution is -2.11. The van der Waals surface area contributed by atoms with E-state index in [0.29, 0.717) is 21.8 Å². The summed E-state index contributed by atoms with van der Waals surface area (Å²) in [5.41, 5.74) is 1.35. The first kappa shape index (κ1) is 12.1. The number of nitriles is 1. The molecule has 88 valence electrons. The Balaban J connectivity index is 2.20. The van der Waals surface area contributed by atoms with Crippen LogP contribution in [0, 0.1) is 11.3 Å². The number of halogens is 1. The van der Waals surface area contributed by atoms with E-state index < -0.39 is 0 Å². The number of carbonyl (C=O) groups excluding carboxylic acids is 1. The van der Waals surface area contributed by atoms with Crippen molar-refractivity contribution in [2.24, 2.45) is 0 Å². The maximum Gasteiger partial charge on any atom is 0.255 e. The van der Waals surface area contributed by atoms with Crippen molar-refractivity contribution in [1.29, 1.82) is 5.26 Å². The first-order valence-electron chi connectivity index (χ1n) is 5.12. The molecule has 0 radical (unpaired) electrons. The zero-order valence-corrected chi connectivity index (χ0v) is 9.98. The van der Waals surface area contributed by atoms with E-state index in [9.17, 15) is 4.79 Å². The molecule has 2 rings (SSSR count). The highest BCUT2D eigenvalue weighted by Gasteiger charge is 2.07. The average molecular weight is 258 g/mol. The smallest absolute Gasteiger partial charge is 0.255 e. The van der Waals surface area contributed by atoms with Crippen molar-refractivity contribution in [3.05, 3.63) is 58.9 Å². The van der Waals surface area contributed by atoms with Gasteiger partial charge in [0.2, 0.25) is 0 Å². The number of amides is 1. The quantitative estimate of drug-likeness (QED) is 0.900. The molecule has 1 aromatic carbocycles. The number of rotatable bonds is 2. The van der Waals surface area contributed by atoms with Crippen molar-refractivity contribution in [3.63, 3.8) is 0 Å². The molecule has 1 N–H and O–H groups in total. The molecule has 0 fully saturated rings. The normalized spacial score (nSPS) is 9.56. The van der Waals surface area contributed by atoms with Crippen LogP contribution in [0.5, 0.6) is 0 Å². The van der Waals surface area contributed by atoms with Crippen LogP contribution < -0.4 is 5.32 Å². The lowest BCUT2D eigenvalue weighted by molar-refractivity contribution is 0.102. The van der Waals surface area contributed by atoms with Crippen LogP contribution in [0.25, 0.3) is 0 Å². The highest BCUT2D eigenvalue weighted by molar-refractivity contribution is 6.31. The van der Waals surface area contributed by atoms with E-state index in [1.807, 2.05) is 6.07 Å². The molecule has 1 aromatic heterocycles. The highest BCUT2D eigenvalue weighted by Crippen LogP contribution is 2.20. The van der Waals surface area contributed by atoms with E-state index in [1.165, 1.54) is 18.5 Å². The predicted molar refractivity (Wildman–Crippen MR) is 68.4 cm³/mol. The topological polar surface area (TPSA) is 65.8 Å². The molecule has 0 saturated carbocycles. The molecule has 0 aliphatic heterocycles. The van der Waals surface area contributed by atoms with Crippen LogP contribution in [0.3, 0.4) is 0 Å². The van der Waals surface area contributed by atoms with E-state index in [-0.39, 0.29) is 5.91 Å². The Labute approximate surface area is 109 Å². The van der Waals surface area contributed by atoms with Gasteiger partial charge in [-0.2, -0.15) is 5.26 Å². The van der Waals surface area contributed by atoms with Gasteiger partial charge in [0.25, 0.3) is 5.91 Å². The van der Waals surface area contributed by atoms with E-state index >= 15 is 0 Å². The second-order valence-corrected chi connectivity index (χ2v) is 3.90. The van der Waals surface area contributed by atoms with Gasteiger partial charge in [-0.25, -0.2) is 0 Å². The molecule has 2 aromatic rings. The van der Waals surface area contributed by atoms with Gasteiger partial charge in [-0.15, -0.1) is 0 Å². The Kier molecular flexibility index (Phi) is 3.56. The molecule has 1 amide bonds. The Morgan fingerprint density at radius 1 is 1.28 bits per heavy atom. The summed E-state index contributed by atoms with van der Waals surface area (Å²) in [7, 11) is 0. The first-order chi connectivity index (χ1) is 8.70. The Morgan fingerprint density at radius 3 is 2.67 bits per heavy atom. The van der Waals surface area contributed by atoms with Gasteiger partial charge in [0.1, 0.15) is 6.07 Å². The van der Waals surface area contributed by atoms with Gasteiger partial charge in [0.15, 0.2) is 0 Å². The summed E-state index contributed by atoms with van der Waals surface area (Å²) in [6.07, 6.45) is 3.08. The number of anilines is 1. The second-order valence-electron chi connectivity index (χ2n) is 3.50. The minimum absolute atomic E-state index is 0.261. The summed E-state index contributed by atoms with van der Waals surface area (Å²) < 4.78 is 0. The summed E-state index contributed by atoms with van der Waals surface area (Å²) in [6, 6.07) is 9.91. The molecular weight excluding hydrogens is 250 g/mol. The van der Waals surface area contributed by atoms with Crippen LogP contribution in [0.4, 0.5) is 5.69 Å². The van der Waals surface area contributed by atoms with Gasteiger partial charge in [-0.1, -0.05) is 11.6 Å². The van der Waals surface area contributed by atoms with Gasteiger partial charge in [-0.05, 0) is 30.3 Å². The van der Waals surface area contributed by atoms with Gasteiger partial charge in [0.05, 0.1) is 10.6 Å². The number of aromatic nitrogens is 1. The third kappa shape index (κ3) is 2.65. The summed E-state index contributed by atoms with van der Waals surface area (Å²) in [4.78, 5) is 15.7.